The topological polar surface area (TPSA) is 38.8 Å². The first-order valence-corrected chi connectivity index (χ1v) is 8.04. The van der Waals surface area contributed by atoms with Crippen molar-refractivity contribution in [2.75, 3.05) is 0 Å². The molecule has 3 saturated carbocycles. The largest absolute Gasteiger partial charge is 0.430 e. The third-order valence-electron chi connectivity index (χ3n) is 7.61. The molecule has 1 aliphatic heterocycles. The van der Waals surface area contributed by atoms with Crippen LogP contribution in [-0.2, 0) is 14.3 Å². The molecule has 1 heterocycles. The van der Waals surface area contributed by atoms with E-state index in [1.165, 1.54) is 26.2 Å². The standard InChI is InChI=1S/C17H26O3/c1-11(18)19-16-9-8-13(2,3)15-7-6-12(10-15)14(4,5)17(15,16)20-16/h12H,6-10H2,1-5H3. The summed E-state index contributed by atoms with van der Waals surface area (Å²) in [5.41, 5.74) is 0.346. The first-order chi connectivity index (χ1) is 9.14. The van der Waals surface area contributed by atoms with E-state index in [2.05, 4.69) is 27.7 Å². The molecule has 1 saturated heterocycles. The Morgan fingerprint density at radius 3 is 2.50 bits per heavy atom. The zero-order valence-electron chi connectivity index (χ0n) is 13.3. The van der Waals surface area contributed by atoms with Crippen LogP contribution in [0, 0.1) is 22.2 Å². The van der Waals surface area contributed by atoms with Crippen LogP contribution in [0.3, 0.4) is 0 Å². The average molecular weight is 278 g/mol. The summed E-state index contributed by atoms with van der Waals surface area (Å²) in [6, 6.07) is 0. The van der Waals surface area contributed by atoms with Crippen molar-refractivity contribution >= 4 is 5.97 Å². The van der Waals surface area contributed by atoms with Gasteiger partial charge in [0.15, 0.2) is 0 Å². The van der Waals surface area contributed by atoms with Crippen molar-refractivity contribution in [3.05, 3.63) is 0 Å². The van der Waals surface area contributed by atoms with Gasteiger partial charge in [0.2, 0.25) is 5.79 Å². The number of carbonyl (C=O) groups excluding carboxylic acids is 1. The molecule has 3 aliphatic carbocycles. The average Bonchev–Trinajstić information content (AvgIpc) is 2.71. The predicted octanol–water partition coefficient (Wildman–Crippen LogP) is 3.66. The molecule has 0 N–H and O–H groups in total. The summed E-state index contributed by atoms with van der Waals surface area (Å²) in [6.07, 6.45) is 5.73. The molecule has 0 aromatic rings. The highest BCUT2D eigenvalue weighted by molar-refractivity contribution is 5.67. The van der Waals surface area contributed by atoms with Crippen molar-refractivity contribution < 1.29 is 14.3 Å². The fourth-order valence-corrected chi connectivity index (χ4v) is 6.60. The van der Waals surface area contributed by atoms with E-state index in [1.54, 1.807) is 0 Å². The molecule has 4 atom stereocenters. The molecule has 3 heteroatoms. The van der Waals surface area contributed by atoms with Gasteiger partial charge in [0.25, 0.3) is 0 Å². The summed E-state index contributed by atoms with van der Waals surface area (Å²) in [5.74, 6) is -0.111. The third-order valence-corrected chi connectivity index (χ3v) is 7.61. The number of fused-ring (bicyclic) bond motifs is 1. The van der Waals surface area contributed by atoms with E-state index in [1.807, 2.05) is 0 Å². The van der Waals surface area contributed by atoms with E-state index in [0.717, 1.165) is 12.8 Å². The van der Waals surface area contributed by atoms with Crippen molar-refractivity contribution in [3.8, 4) is 0 Å². The lowest BCUT2D eigenvalue weighted by atomic mass is 9.48. The smallest absolute Gasteiger partial charge is 0.305 e. The van der Waals surface area contributed by atoms with Crippen LogP contribution in [0.4, 0.5) is 0 Å². The van der Waals surface area contributed by atoms with Crippen molar-refractivity contribution in [1.29, 1.82) is 0 Å². The highest BCUT2D eigenvalue weighted by Crippen LogP contribution is 2.87. The molecule has 20 heavy (non-hydrogen) atoms. The zero-order valence-corrected chi connectivity index (χ0v) is 13.3. The highest BCUT2D eigenvalue weighted by atomic mass is 16.8. The SMILES string of the molecule is CC(=O)OC12CCC(C)(C)C34CCC(C3)C(C)(C)C14O2. The van der Waals surface area contributed by atoms with Gasteiger partial charge in [-0.15, -0.1) is 0 Å². The fourth-order valence-electron chi connectivity index (χ4n) is 6.60. The van der Waals surface area contributed by atoms with Gasteiger partial charge in [-0.2, -0.15) is 0 Å². The number of epoxide rings is 1. The van der Waals surface area contributed by atoms with Crippen molar-refractivity contribution in [1.82, 2.24) is 0 Å². The summed E-state index contributed by atoms with van der Waals surface area (Å²) in [6.45, 7) is 11.0. The van der Waals surface area contributed by atoms with Crippen LogP contribution < -0.4 is 0 Å². The van der Waals surface area contributed by atoms with Crippen LogP contribution in [0.5, 0.6) is 0 Å². The molecule has 0 aromatic heterocycles. The van der Waals surface area contributed by atoms with Gasteiger partial charge in [-0.25, -0.2) is 0 Å². The minimum atomic E-state index is -0.618. The summed E-state index contributed by atoms with van der Waals surface area (Å²) in [4.78, 5) is 11.6. The van der Waals surface area contributed by atoms with Crippen LogP contribution >= 0.6 is 0 Å². The van der Waals surface area contributed by atoms with Gasteiger partial charge in [0, 0.05) is 24.2 Å². The Morgan fingerprint density at radius 2 is 1.85 bits per heavy atom. The van der Waals surface area contributed by atoms with E-state index >= 15 is 0 Å². The highest BCUT2D eigenvalue weighted by Gasteiger charge is 2.94. The Balaban J connectivity index is 1.88. The third kappa shape index (κ3) is 1.00. The molecule has 2 bridgehead atoms. The summed E-state index contributed by atoms with van der Waals surface area (Å²) >= 11 is 0. The van der Waals surface area contributed by atoms with Crippen molar-refractivity contribution in [2.24, 2.45) is 22.2 Å². The molecule has 0 aromatic carbocycles. The van der Waals surface area contributed by atoms with Gasteiger partial charge >= 0.3 is 5.97 Å². The predicted molar refractivity (Wildman–Crippen MR) is 74.9 cm³/mol. The lowest BCUT2D eigenvalue weighted by molar-refractivity contribution is -0.164. The zero-order chi connectivity index (χ0) is 14.6. The molecule has 0 amide bonds. The molecule has 3 nitrogen and oxygen atoms in total. The lowest BCUT2D eigenvalue weighted by Gasteiger charge is -2.54. The summed E-state index contributed by atoms with van der Waals surface area (Å²) < 4.78 is 12.2. The maximum Gasteiger partial charge on any atom is 0.305 e. The first kappa shape index (κ1) is 13.1. The van der Waals surface area contributed by atoms with Gasteiger partial charge in [-0.3, -0.25) is 4.79 Å². The minimum absolute atomic E-state index is 0.110. The number of esters is 1. The van der Waals surface area contributed by atoms with Gasteiger partial charge in [-0.05, 0) is 37.0 Å². The normalized spacial score (nSPS) is 53.1. The van der Waals surface area contributed by atoms with Gasteiger partial charge in [0.05, 0.1) is 0 Å². The molecule has 4 fully saturated rings. The quantitative estimate of drug-likeness (QED) is 0.543. The van der Waals surface area contributed by atoms with E-state index in [4.69, 9.17) is 9.47 Å². The van der Waals surface area contributed by atoms with Crippen molar-refractivity contribution in [2.45, 2.75) is 78.1 Å². The van der Waals surface area contributed by atoms with E-state index in [9.17, 15) is 4.79 Å². The van der Waals surface area contributed by atoms with Crippen LogP contribution in [0.1, 0.15) is 66.7 Å². The Labute approximate surface area is 121 Å². The second-order valence-corrected chi connectivity index (χ2v) is 8.76. The second kappa shape index (κ2) is 3.11. The maximum atomic E-state index is 11.6. The molecule has 4 unspecified atom stereocenters. The maximum absolute atomic E-state index is 11.6. The van der Waals surface area contributed by atoms with Crippen LogP contribution in [0.15, 0.2) is 0 Å². The van der Waals surface area contributed by atoms with Gasteiger partial charge in [0.1, 0.15) is 5.60 Å². The molecule has 4 rings (SSSR count). The molecule has 4 aliphatic rings. The van der Waals surface area contributed by atoms with Crippen LogP contribution in [-0.4, -0.2) is 17.4 Å². The number of rotatable bonds is 1. The van der Waals surface area contributed by atoms with Gasteiger partial charge < -0.3 is 9.47 Å². The Morgan fingerprint density at radius 1 is 1.15 bits per heavy atom. The molecular weight excluding hydrogens is 252 g/mol. The number of hydrogen-bond donors (Lipinski definition) is 0. The second-order valence-electron chi connectivity index (χ2n) is 8.76. The minimum Gasteiger partial charge on any atom is -0.430 e. The van der Waals surface area contributed by atoms with Crippen molar-refractivity contribution in [3.63, 3.8) is 0 Å². The molecular formula is C17H26O3. The number of hydrogen-bond acceptors (Lipinski definition) is 3. The fraction of sp³-hybridized carbons (Fsp3) is 0.941. The molecule has 112 valence electrons. The summed E-state index contributed by atoms with van der Waals surface area (Å²) in [5, 5.41) is 0. The Kier molecular flexibility index (Phi) is 2.04. The monoisotopic (exact) mass is 278 g/mol. The van der Waals surface area contributed by atoms with Gasteiger partial charge in [-0.1, -0.05) is 27.7 Å². The molecule has 0 radical (unpaired) electrons. The van der Waals surface area contributed by atoms with E-state index in [-0.39, 0.29) is 27.8 Å². The Bertz CT molecular complexity index is 508. The summed E-state index contributed by atoms with van der Waals surface area (Å²) in [7, 11) is 0. The van der Waals surface area contributed by atoms with Crippen LogP contribution in [0.2, 0.25) is 0 Å². The lowest BCUT2D eigenvalue weighted by Crippen LogP contribution is -2.59. The van der Waals surface area contributed by atoms with E-state index < -0.39 is 5.79 Å². The number of carbonyl (C=O) groups is 1. The number of ether oxygens (including phenoxy) is 2. The Hall–Kier alpha value is -0.570. The molecule has 2 spiro atoms. The first-order valence-electron chi connectivity index (χ1n) is 8.04. The van der Waals surface area contributed by atoms with E-state index in [0.29, 0.717) is 5.92 Å². The van der Waals surface area contributed by atoms with Crippen LogP contribution in [0.25, 0.3) is 0 Å².